The number of hydrogen-bond acceptors (Lipinski definition) is 6. The molecular weight excluding hydrogens is 511 g/mol. The van der Waals surface area contributed by atoms with Gasteiger partial charge in [0.15, 0.2) is 5.70 Å². The number of alkyl halides is 4. The van der Waals surface area contributed by atoms with E-state index < -0.39 is 61.0 Å². The van der Waals surface area contributed by atoms with E-state index in [1.807, 2.05) is 0 Å². The number of likely N-dealkylation sites (tertiary alicyclic amines) is 1. The zero-order valence-electron chi connectivity index (χ0n) is 20.0. The zero-order chi connectivity index (χ0) is 27.0. The molecule has 0 bridgehead atoms. The van der Waals surface area contributed by atoms with Crippen LogP contribution >= 0.6 is 0 Å². The van der Waals surface area contributed by atoms with E-state index >= 15 is 0 Å². The molecule has 0 spiro atoms. The van der Waals surface area contributed by atoms with E-state index in [1.54, 1.807) is 42.5 Å². The molecule has 38 heavy (non-hydrogen) atoms. The van der Waals surface area contributed by atoms with E-state index in [9.17, 15) is 31.5 Å². The Labute approximate surface area is 214 Å². The summed E-state index contributed by atoms with van der Waals surface area (Å²) in [7, 11) is 0. The Morgan fingerprint density at radius 2 is 1.87 bits per heavy atom. The second-order valence-corrected chi connectivity index (χ2v) is 9.51. The third-order valence-electron chi connectivity index (χ3n) is 6.79. The molecule has 1 saturated heterocycles. The number of aromatic nitrogens is 1. The maximum Gasteiger partial charge on any atom is 0.434 e. The Bertz CT molecular complexity index is 1240. The van der Waals surface area contributed by atoms with E-state index in [0.29, 0.717) is 22.3 Å². The summed E-state index contributed by atoms with van der Waals surface area (Å²) >= 11 is 0. The third-order valence-corrected chi connectivity index (χ3v) is 6.79. The fourth-order valence-corrected chi connectivity index (χ4v) is 4.74. The summed E-state index contributed by atoms with van der Waals surface area (Å²) < 4.78 is 68.8. The topological polar surface area (TPSA) is 89.6 Å². The van der Waals surface area contributed by atoms with Crippen molar-refractivity contribution in [3.8, 4) is 0 Å². The highest BCUT2D eigenvalue weighted by Gasteiger charge is 2.44. The Balaban J connectivity index is 1.35. The minimum absolute atomic E-state index is 0.133. The lowest BCUT2D eigenvalue weighted by Gasteiger charge is -2.29. The fraction of sp³-hybridized carbons (Fsp3) is 0.400. The summed E-state index contributed by atoms with van der Waals surface area (Å²) in [5.74, 6) is -2.08. The molecule has 8 nitrogen and oxygen atoms in total. The quantitative estimate of drug-likeness (QED) is 0.373. The Hall–Kier alpha value is -3.74. The van der Waals surface area contributed by atoms with Crippen molar-refractivity contribution in [1.29, 1.82) is 0 Å². The predicted molar refractivity (Wildman–Crippen MR) is 125 cm³/mol. The second-order valence-electron chi connectivity index (χ2n) is 9.51. The molecule has 3 atom stereocenters. The molecule has 5 rings (SSSR count). The number of allylic oxidation sites excluding steroid dienone is 1. The van der Waals surface area contributed by atoms with Crippen molar-refractivity contribution in [2.75, 3.05) is 13.1 Å². The van der Waals surface area contributed by atoms with Crippen LogP contribution in [0.4, 0.5) is 22.0 Å². The third kappa shape index (κ3) is 5.42. The molecule has 1 saturated carbocycles. The Morgan fingerprint density at radius 1 is 1.13 bits per heavy atom. The molecule has 0 unspecified atom stereocenters. The number of carbonyl (C=O) groups is 2. The Morgan fingerprint density at radius 3 is 2.53 bits per heavy atom. The van der Waals surface area contributed by atoms with Gasteiger partial charge in [-0.15, -0.1) is 5.53 Å². The van der Waals surface area contributed by atoms with Crippen molar-refractivity contribution in [2.45, 2.75) is 49.6 Å². The van der Waals surface area contributed by atoms with Gasteiger partial charge in [0.05, 0.1) is 18.3 Å². The second kappa shape index (κ2) is 10.2. The van der Waals surface area contributed by atoms with Crippen molar-refractivity contribution in [1.82, 2.24) is 31.2 Å². The first kappa shape index (κ1) is 25.9. The number of rotatable bonds is 7. The molecule has 2 aromatic rings. The lowest BCUT2D eigenvalue weighted by Crippen LogP contribution is -2.52. The van der Waals surface area contributed by atoms with Crippen LogP contribution in [0.25, 0.3) is 0 Å². The molecule has 3 aliphatic rings. The van der Waals surface area contributed by atoms with E-state index in [0.717, 1.165) is 17.7 Å². The SMILES string of the molecule is O=C(N[C@@H](c1ccccc1)c1ccc(C2CC2)c(F)n1)[C@@H]1C[C@@H](F)CN1C(=O)CN1NNC=C1C(F)(F)F. The van der Waals surface area contributed by atoms with Crippen molar-refractivity contribution >= 4 is 11.8 Å². The molecule has 3 heterocycles. The van der Waals surface area contributed by atoms with Crippen molar-refractivity contribution < 1.29 is 31.5 Å². The first-order valence-corrected chi connectivity index (χ1v) is 12.1. The van der Waals surface area contributed by atoms with Crippen LogP contribution < -0.4 is 16.3 Å². The van der Waals surface area contributed by atoms with Gasteiger partial charge in [-0.05, 0) is 30.4 Å². The summed E-state index contributed by atoms with van der Waals surface area (Å²) in [6, 6.07) is 9.76. The highest BCUT2D eigenvalue weighted by Crippen LogP contribution is 2.41. The average molecular weight is 537 g/mol. The smallest absolute Gasteiger partial charge is 0.342 e. The van der Waals surface area contributed by atoms with Crippen molar-refractivity contribution in [3.63, 3.8) is 0 Å². The average Bonchev–Trinajstić information content (AvgIpc) is 3.46. The van der Waals surface area contributed by atoms with Crippen LogP contribution in [0.5, 0.6) is 0 Å². The number of amides is 2. The molecule has 2 amide bonds. The number of nitrogens with one attached hydrogen (secondary N) is 3. The van der Waals surface area contributed by atoms with Crippen molar-refractivity contribution in [3.05, 3.63) is 77.1 Å². The van der Waals surface area contributed by atoms with Gasteiger partial charge in [-0.1, -0.05) is 36.4 Å². The van der Waals surface area contributed by atoms with Crippen LogP contribution in [-0.2, 0) is 9.59 Å². The molecule has 202 valence electrons. The fourth-order valence-electron chi connectivity index (χ4n) is 4.74. The van der Waals surface area contributed by atoms with E-state index in [2.05, 4.69) is 21.3 Å². The van der Waals surface area contributed by atoms with E-state index in [4.69, 9.17) is 0 Å². The van der Waals surface area contributed by atoms with Gasteiger partial charge in [0.1, 0.15) is 18.8 Å². The summed E-state index contributed by atoms with van der Waals surface area (Å²) in [4.78, 5) is 31.3. The zero-order valence-corrected chi connectivity index (χ0v) is 20.0. The van der Waals surface area contributed by atoms with Gasteiger partial charge in [-0.2, -0.15) is 17.6 Å². The molecule has 1 aromatic carbocycles. The van der Waals surface area contributed by atoms with Gasteiger partial charge in [0, 0.05) is 18.2 Å². The predicted octanol–water partition coefficient (Wildman–Crippen LogP) is 2.97. The van der Waals surface area contributed by atoms with Crippen LogP contribution in [0.1, 0.15) is 48.0 Å². The maximum atomic E-state index is 14.8. The monoisotopic (exact) mass is 536 g/mol. The number of benzene rings is 1. The number of hydrogen-bond donors (Lipinski definition) is 3. The number of pyridine rings is 1. The standard InChI is InChI=1S/C25H25F5N6O2/c26-16-10-19(35(12-16)21(37)13-36-20(11-31-34-36)25(28,29)30)24(38)33-22(15-4-2-1-3-5-15)18-9-8-17(14-6-7-14)23(27)32-18/h1-5,8-9,11,14,16,19,22,31,34H,6-7,10,12-13H2,(H,33,38)/t16-,19+,22+/m1/s1. The highest BCUT2D eigenvalue weighted by molar-refractivity contribution is 5.89. The largest absolute Gasteiger partial charge is 0.434 e. The van der Waals surface area contributed by atoms with Crippen LogP contribution in [-0.4, -0.2) is 58.2 Å². The van der Waals surface area contributed by atoms with E-state index in [-0.39, 0.29) is 18.0 Å². The minimum atomic E-state index is -4.73. The van der Waals surface area contributed by atoms with Crippen LogP contribution in [0, 0.1) is 5.95 Å². The molecular formula is C25H25F5N6O2. The van der Waals surface area contributed by atoms with Gasteiger partial charge < -0.3 is 15.6 Å². The van der Waals surface area contributed by atoms with E-state index in [1.165, 1.54) is 0 Å². The van der Waals surface area contributed by atoms with Gasteiger partial charge in [-0.25, -0.2) is 9.37 Å². The molecule has 1 aromatic heterocycles. The lowest BCUT2D eigenvalue weighted by atomic mass is 10.0. The lowest BCUT2D eigenvalue weighted by molar-refractivity contribution is -0.142. The summed E-state index contributed by atoms with van der Waals surface area (Å²) in [6.45, 7) is -1.23. The van der Waals surface area contributed by atoms with Gasteiger partial charge in [0.2, 0.25) is 17.8 Å². The first-order chi connectivity index (χ1) is 18.1. The number of halogens is 5. The summed E-state index contributed by atoms with van der Waals surface area (Å²) in [5.41, 5.74) is 4.59. The normalized spacial score (nSPS) is 22.2. The first-order valence-electron chi connectivity index (χ1n) is 12.1. The molecule has 3 N–H and O–H groups in total. The van der Waals surface area contributed by atoms with Gasteiger partial charge in [0.25, 0.3) is 0 Å². The van der Waals surface area contributed by atoms with Gasteiger partial charge >= 0.3 is 6.18 Å². The molecule has 2 fully saturated rings. The van der Waals surface area contributed by atoms with Crippen LogP contribution in [0.15, 0.2) is 54.4 Å². The number of hydrazine groups is 2. The number of carbonyl (C=O) groups excluding carboxylic acids is 2. The molecule has 1 aliphatic carbocycles. The number of nitrogens with zero attached hydrogens (tertiary/aromatic N) is 3. The van der Waals surface area contributed by atoms with Crippen LogP contribution in [0.3, 0.4) is 0 Å². The summed E-state index contributed by atoms with van der Waals surface area (Å²) in [5, 5.41) is 3.30. The molecule has 0 radical (unpaired) electrons. The molecule has 13 heteroatoms. The van der Waals surface area contributed by atoms with Gasteiger partial charge in [-0.3, -0.25) is 14.6 Å². The Kier molecular flexibility index (Phi) is 6.95. The highest BCUT2D eigenvalue weighted by atomic mass is 19.4. The summed E-state index contributed by atoms with van der Waals surface area (Å²) in [6.07, 6.45) is -4.17. The molecule has 2 aliphatic heterocycles. The van der Waals surface area contributed by atoms with Crippen LogP contribution in [0.2, 0.25) is 0 Å². The van der Waals surface area contributed by atoms with Crippen molar-refractivity contribution in [2.24, 2.45) is 0 Å². The minimum Gasteiger partial charge on any atom is -0.342 e. The maximum absolute atomic E-state index is 14.8.